The number of piperidine rings is 1. The number of benzene rings is 2. The van der Waals surface area contributed by atoms with Crippen LogP contribution in [0.3, 0.4) is 0 Å². The van der Waals surface area contributed by atoms with Gasteiger partial charge in [0.15, 0.2) is 0 Å². The van der Waals surface area contributed by atoms with Gasteiger partial charge in [-0.25, -0.2) is 8.42 Å². The van der Waals surface area contributed by atoms with Gasteiger partial charge in [0.2, 0.25) is 15.9 Å². The van der Waals surface area contributed by atoms with Gasteiger partial charge in [-0.2, -0.15) is 4.31 Å². The van der Waals surface area contributed by atoms with Crippen LogP contribution in [0.25, 0.3) is 0 Å². The van der Waals surface area contributed by atoms with Crippen LogP contribution in [0.5, 0.6) is 5.75 Å². The Hall–Kier alpha value is -2.38. The average molecular weight is 388 g/mol. The number of hydrogen-bond acceptors (Lipinski definition) is 4. The number of nitrogens with zero attached hydrogens (tertiary/aromatic N) is 2. The lowest BCUT2D eigenvalue weighted by atomic mass is 9.98. The van der Waals surface area contributed by atoms with Crippen LogP contribution in [0.2, 0.25) is 0 Å². The SMILES string of the molecule is COc1cccc(N(C)C(=O)[C@H]2CCCN(S(=O)(=O)c3ccccc3)C2)c1. The van der Waals surface area contributed by atoms with E-state index in [4.69, 9.17) is 4.74 Å². The lowest BCUT2D eigenvalue weighted by molar-refractivity contribution is -0.123. The third-order valence-electron chi connectivity index (χ3n) is 4.89. The Bertz CT molecular complexity index is 899. The van der Waals surface area contributed by atoms with E-state index in [2.05, 4.69) is 0 Å². The Morgan fingerprint density at radius 2 is 1.89 bits per heavy atom. The largest absolute Gasteiger partial charge is 0.497 e. The number of methoxy groups -OCH3 is 1. The van der Waals surface area contributed by atoms with E-state index in [9.17, 15) is 13.2 Å². The highest BCUT2D eigenvalue weighted by atomic mass is 32.2. The van der Waals surface area contributed by atoms with Crippen LogP contribution in [0.4, 0.5) is 5.69 Å². The third kappa shape index (κ3) is 4.14. The fourth-order valence-corrected chi connectivity index (χ4v) is 4.87. The van der Waals surface area contributed by atoms with Gasteiger partial charge >= 0.3 is 0 Å². The van der Waals surface area contributed by atoms with Gasteiger partial charge in [0.25, 0.3) is 0 Å². The molecule has 3 rings (SSSR count). The number of amides is 1. The Labute approximate surface area is 160 Å². The fraction of sp³-hybridized carbons (Fsp3) is 0.350. The van der Waals surface area contributed by atoms with E-state index >= 15 is 0 Å². The molecule has 0 saturated carbocycles. The predicted molar refractivity (Wildman–Crippen MR) is 104 cm³/mol. The Morgan fingerprint density at radius 1 is 1.15 bits per heavy atom. The molecule has 1 aliphatic heterocycles. The van der Waals surface area contributed by atoms with Gasteiger partial charge in [-0.1, -0.05) is 24.3 Å². The summed E-state index contributed by atoms with van der Waals surface area (Å²) < 4.78 is 32.4. The first-order valence-electron chi connectivity index (χ1n) is 8.90. The van der Waals surface area contributed by atoms with E-state index in [1.807, 2.05) is 18.2 Å². The summed E-state index contributed by atoms with van der Waals surface area (Å²) in [6.45, 7) is 0.633. The summed E-state index contributed by atoms with van der Waals surface area (Å²) in [4.78, 5) is 14.8. The molecule has 0 radical (unpaired) electrons. The highest BCUT2D eigenvalue weighted by molar-refractivity contribution is 7.89. The molecule has 0 N–H and O–H groups in total. The molecule has 1 heterocycles. The Kier molecular flexibility index (Phi) is 5.82. The Morgan fingerprint density at radius 3 is 2.59 bits per heavy atom. The number of carbonyl (C=O) groups is 1. The van der Waals surface area contributed by atoms with E-state index in [1.165, 1.54) is 4.31 Å². The molecule has 1 atom stereocenters. The van der Waals surface area contributed by atoms with Gasteiger partial charge in [0.05, 0.1) is 17.9 Å². The number of ether oxygens (including phenoxy) is 1. The van der Waals surface area contributed by atoms with Crippen molar-refractivity contribution in [3.63, 3.8) is 0 Å². The molecule has 1 fully saturated rings. The van der Waals surface area contributed by atoms with Crippen LogP contribution in [0.15, 0.2) is 59.5 Å². The van der Waals surface area contributed by atoms with E-state index in [1.54, 1.807) is 55.5 Å². The van der Waals surface area contributed by atoms with Crippen molar-refractivity contribution in [2.75, 3.05) is 32.1 Å². The summed E-state index contributed by atoms with van der Waals surface area (Å²) in [7, 11) is -0.299. The van der Waals surface area contributed by atoms with Crippen LogP contribution in [0.1, 0.15) is 12.8 Å². The maximum absolute atomic E-state index is 13.0. The van der Waals surface area contributed by atoms with E-state index < -0.39 is 10.0 Å². The van der Waals surface area contributed by atoms with Crippen LogP contribution in [0, 0.1) is 5.92 Å². The molecule has 1 amide bonds. The number of anilines is 1. The second kappa shape index (κ2) is 8.10. The summed E-state index contributed by atoms with van der Waals surface area (Å²) in [5.74, 6) is 0.216. The smallest absolute Gasteiger partial charge is 0.243 e. The van der Waals surface area contributed by atoms with Gasteiger partial charge in [-0.15, -0.1) is 0 Å². The van der Waals surface area contributed by atoms with Crippen molar-refractivity contribution in [3.8, 4) is 5.75 Å². The molecule has 2 aromatic rings. The molecule has 1 saturated heterocycles. The van der Waals surface area contributed by atoms with E-state index in [-0.39, 0.29) is 23.3 Å². The lowest BCUT2D eigenvalue weighted by Crippen LogP contribution is -2.45. The number of sulfonamides is 1. The maximum Gasteiger partial charge on any atom is 0.243 e. The van der Waals surface area contributed by atoms with Crippen LogP contribution in [-0.4, -0.2) is 45.9 Å². The van der Waals surface area contributed by atoms with Crippen molar-refractivity contribution in [1.29, 1.82) is 0 Å². The number of rotatable bonds is 5. The third-order valence-corrected chi connectivity index (χ3v) is 6.76. The second-order valence-corrected chi connectivity index (χ2v) is 8.55. The summed E-state index contributed by atoms with van der Waals surface area (Å²) >= 11 is 0. The fourth-order valence-electron chi connectivity index (χ4n) is 3.32. The molecule has 144 valence electrons. The standard InChI is InChI=1S/C20H24N2O4S/c1-21(17-9-6-10-18(14-17)26-2)20(23)16-8-7-13-22(15-16)27(24,25)19-11-4-3-5-12-19/h3-6,9-12,14,16H,7-8,13,15H2,1-2H3/t16-/m0/s1. The van der Waals surface area contributed by atoms with Crippen molar-refractivity contribution in [2.45, 2.75) is 17.7 Å². The lowest BCUT2D eigenvalue weighted by Gasteiger charge is -2.33. The van der Waals surface area contributed by atoms with Gasteiger partial charge in [0, 0.05) is 31.9 Å². The summed E-state index contributed by atoms with van der Waals surface area (Å²) in [6, 6.07) is 15.6. The Balaban J connectivity index is 1.76. The molecular formula is C20H24N2O4S. The molecule has 0 spiro atoms. The summed E-state index contributed by atoms with van der Waals surface area (Å²) in [5, 5.41) is 0. The second-order valence-electron chi connectivity index (χ2n) is 6.61. The van der Waals surface area contributed by atoms with Gasteiger partial charge in [-0.3, -0.25) is 4.79 Å². The first kappa shape index (κ1) is 19.4. The van der Waals surface area contributed by atoms with Crippen molar-refractivity contribution < 1.29 is 17.9 Å². The quantitative estimate of drug-likeness (QED) is 0.790. The topological polar surface area (TPSA) is 66.9 Å². The maximum atomic E-state index is 13.0. The van der Waals surface area contributed by atoms with Gasteiger partial charge in [0.1, 0.15) is 5.75 Å². The van der Waals surface area contributed by atoms with Crippen molar-refractivity contribution in [3.05, 3.63) is 54.6 Å². The molecule has 0 aliphatic carbocycles. The van der Waals surface area contributed by atoms with Gasteiger partial charge in [-0.05, 0) is 37.1 Å². The molecular weight excluding hydrogens is 364 g/mol. The number of carbonyl (C=O) groups excluding carboxylic acids is 1. The van der Waals surface area contributed by atoms with E-state index in [0.29, 0.717) is 25.1 Å². The van der Waals surface area contributed by atoms with Crippen molar-refractivity contribution in [2.24, 2.45) is 5.92 Å². The molecule has 1 aliphatic rings. The molecule has 2 aromatic carbocycles. The predicted octanol–water partition coefficient (Wildman–Crippen LogP) is 2.76. The minimum atomic E-state index is -3.59. The van der Waals surface area contributed by atoms with Crippen molar-refractivity contribution >= 4 is 21.6 Å². The van der Waals surface area contributed by atoms with Crippen LogP contribution >= 0.6 is 0 Å². The molecule has 0 bridgehead atoms. The molecule has 0 aromatic heterocycles. The highest BCUT2D eigenvalue weighted by Crippen LogP contribution is 2.27. The number of hydrogen-bond donors (Lipinski definition) is 0. The average Bonchev–Trinajstić information content (AvgIpc) is 2.73. The van der Waals surface area contributed by atoms with E-state index in [0.717, 1.165) is 5.69 Å². The zero-order chi connectivity index (χ0) is 19.4. The van der Waals surface area contributed by atoms with Crippen LogP contribution < -0.4 is 9.64 Å². The van der Waals surface area contributed by atoms with Gasteiger partial charge < -0.3 is 9.64 Å². The zero-order valence-electron chi connectivity index (χ0n) is 15.5. The normalized spacial score (nSPS) is 18.1. The summed E-state index contributed by atoms with van der Waals surface area (Å²) in [5.41, 5.74) is 0.724. The molecule has 27 heavy (non-hydrogen) atoms. The first-order valence-corrected chi connectivity index (χ1v) is 10.3. The minimum absolute atomic E-state index is 0.0868. The first-order chi connectivity index (χ1) is 12.9. The monoisotopic (exact) mass is 388 g/mol. The minimum Gasteiger partial charge on any atom is -0.497 e. The highest BCUT2D eigenvalue weighted by Gasteiger charge is 2.34. The van der Waals surface area contributed by atoms with Crippen LogP contribution in [-0.2, 0) is 14.8 Å². The van der Waals surface area contributed by atoms with Crippen molar-refractivity contribution in [1.82, 2.24) is 4.31 Å². The molecule has 7 heteroatoms. The molecule has 6 nitrogen and oxygen atoms in total. The summed E-state index contributed by atoms with van der Waals surface area (Å²) in [6.07, 6.45) is 1.34. The zero-order valence-corrected chi connectivity index (χ0v) is 16.4. The molecule has 0 unspecified atom stereocenters.